The van der Waals surface area contributed by atoms with Crippen LogP contribution >= 0.6 is 0 Å². The highest BCUT2D eigenvalue weighted by molar-refractivity contribution is 5.89. The first-order chi connectivity index (χ1) is 14.0. The van der Waals surface area contributed by atoms with Crippen molar-refractivity contribution in [3.63, 3.8) is 0 Å². The van der Waals surface area contributed by atoms with Crippen LogP contribution in [-0.4, -0.2) is 48.1 Å². The summed E-state index contributed by atoms with van der Waals surface area (Å²) in [4.78, 5) is 23.7. The molecular formula is C23H32O6. The van der Waals surface area contributed by atoms with Gasteiger partial charge in [0.05, 0.1) is 18.1 Å². The van der Waals surface area contributed by atoms with Gasteiger partial charge in [-0.05, 0) is 31.4 Å². The highest BCUT2D eigenvalue weighted by atomic mass is 16.5. The first kappa shape index (κ1) is 23.1. The molecule has 160 valence electrons. The number of hydrogen-bond donors (Lipinski definition) is 2. The summed E-state index contributed by atoms with van der Waals surface area (Å²) in [6, 6.07) is 8.70. The third-order valence-electron chi connectivity index (χ3n) is 5.40. The molecule has 0 amide bonds. The van der Waals surface area contributed by atoms with E-state index in [-0.39, 0.29) is 18.8 Å². The molecule has 1 saturated carbocycles. The Hall–Kier alpha value is -2.18. The van der Waals surface area contributed by atoms with E-state index in [2.05, 4.69) is 0 Å². The van der Waals surface area contributed by atoms with E-state index < -0.39 is 30.1 Å². The molecule has 0 bridgehead atoms. The first-order valence-corrected chi connectivity index (χ1v) is 10.3. The van der Waals surface area contributed by atoms with Crippen molar-refractivity contribution in [1.29, 1.82) is 0 Å². The maximum Gasteiger partial charge on any atom is 0.338 e. The summed E-state index contributed by atoms with van der Waals surface area (Å²) in [5.74, 6) is -2.17. The summed E-state index contributed by atoms with van der Waals surface area (Å²) in [7, 11) is 1.70. The largest absolute Gasteiger partial charge is 0.481 e. The van der Waals surface area contributed by atoms with Crippen LogP contribution in [0, 0.1) is 11.8 Å². The fourth-order valence-corrected chi connectivity index (χ4v) is 3.86. The summed E-state index contributed by atoms with van der Waals surface area (Å²) in [6.45, 7) is 0.779. The minimum absolute atomic E-state index is 0.146. The van der Waals surface area contributed by atoms with E-state index in [9.17, 15) is 19.8 Å². The van der Waals surface area contributed by atoms with Gasteiger partial charge in [-0.2, -0.15) is 0 Å². The molecule has 6 heteroatoms. The second-order valence-electron chi connectivity index (χ2n) is 7.58. The van der Waals surface area contributed by atoms with Crippen molar-refractivity contribution in [3.8, 4) is 0 Å². The molecule has 2 N–H and O–H groups in total. The summed E-state index contributed by atoms with van der Waals surface area (Å²) in [5.41, 5.74) is 0.447. The van der Waals surface area contributed by atoms with Gasteiger partial charge >= 0.3 is 11.9 Å². The summed E-state index contributed by atoms with van der Waals surface area (Å²) in [5, 5.41) is 19.6. The number of carbonyl (C=O) groups excluding carboxylic acids is 1. The molecule has 29 heavy (non-hydrogen) atoms. The van der Waals surface area contributed by atoms with Crippen LogP contribution in [0.4, 0.5) is 0 Å². The van der Waals surface area contributed by atoms with Crippen LogP contribution < -0.4 is 0 Å². The highest BCUT2D eigenvalue weighted by Crippen LogP contribution is 2.38. The predicted molar refractivity (Wildman–Crippen MR) is 110 cm³/mol. The number of allylic oxidation sites excluding steroid dienone is 1. The normalized spacial score (nSPS) is 24.1. The Morgan fingerprint density at radius 1 is 1.14 bits per heavy atom. The Labute approximate surface area is 172 Å². The molecule has 1 aromatic carbocycles. The van der Waals surface area contributed by atoms with Crippen molar-refractivity contribution in [2.75, 3.05) is 13.7 Å². The molecule has 1 aliphatic carbocycles. The second kappa shape index (κ2) is 12.4. The number of unbranched alkanes of at least 4 members (excludes halogenated alkanes) is 4. The summed E-state index contributed by atoms with van der Waals surface area (Å²) in [6.07, 6.45) is 7.91. The maximum absolute atomic E-state index is 12.4. The molecule has 6 nitrogen and oxygen atoms in total. The SMILES string of the molecule is COCCCCCCC=C[C@H]1[C@H](CC(=O)O)[C@H](O)C[C@H]1OC(=O)c1ccccc1. The lowest BCUT2D eigenvalue weighted by Crippen LogP contribution is -2.26. The van der Waals surface area contributed by atoms with Crippen molar-refractivity contribution in [2.45, 2.75) is 57.2 Å². The zero-order chi connectivity index (χ0) is 21.1. The van der Waals surface area contributed by atoms with Gasteiger partial charge in [-0.3, -0.25) is 4.79 Å². The van der Waals surface area contributed by atoms with Crippen LogP contribution in [0.5, 0.6) is 0 Å². The van der Waals surface area contributed by atoms with Crippen molar-refractivity contribution in [2.24, 2.45) is 11.8 Å². The number of ether oxygens (including phenoxy) is 2. The average molecular weight is 405 g/mol. The predicted octanol–water partition coefficient (Wildman–Crippen LogP) is 3.84. The van der Waals surface area contributed by atoms with Crippen LogP contribution in [0.15, 0.2) is 42.5 Å². The number of carboxylic acids is 1. The van der Waals surface area contributed by atoms with Crippen LogP contribution in [0.2, 0.25) is 0 Å². The standard InChI is InChI=1S/C23H32O6/c1-28-14-10-5-3-2-4-9-13-18-19(15-22(25)26)20(24)16-21(18)29-23(27)17-11-7-6-8-12-17/h6-9,11-13,18-21,24H,2-5,10,14-16H2,1H3,(H,25,26)/t18-,19-,20+,21+/m0/s1. The molecule has 2 rings (SSSR count). The van der Waals surface area contributed by atoms with E-state index >= 15 is 0 Å². The van der Waals surface area contributed by atoms with Crippen LogP contribution in [0.25, 0.3) is 0 Å². The molecule has 0 aliphatic heterocycles. The Bertz CT molecular complexity index is 657. The number of aliphatic carboxylic acids is 1. The fraction of sp³-hybridized carbons (Fsp3) is 0.565. The quantitative estimate of drug-likeness (QED) is 0.312. The minimum Gasteiger partial charge on any atom is -0.481 e. The van der Waals surface area contributed by atoms with Gasteiger partial charge in [0.15, 0.2) is 0 Å². The van der Waals surface area contributed by atoms with Crippen LogP contribution in [0.1, 0.15) is 55.3 Å². The van der Waals surface area contributed by atoms with E-state index in [4.69, 9.17) is 9.47 Å². The third-order valence-corrected chi connectivity index (χ3v) is 5.40. The van der Waals surface area contributed by atoms with Gasteiger partial charge in [-0.15, -0.1) is 0 Å². The topological polar surface area (TPSA) is 93.1 Å². The number of hydrogen-bond acceptors (Lipinski definition) is 5. The Kier molecular flexibility index (Phi) is 9.88. The Morgan fingerprint density at radius 2 is 1.86 bits per heavy atom. The Balaban J connectivity index is 1.96. The summed E-state index contributed by atoms with van der Waals surface area (Å²) >= 11 is 0. The van der Waals surface area contributed by atoms with E-state index in [0.29, 0.717) is 5.56 Å². The second-order valence-corrected chi connectivity index (χ2v) is 7.58. The average Bonchev–Trinajstić information content (AvgIpc) is 2.98. The molecule has 1 aliphatic rings. The van der Waals surface area contributed by atoms with E-state index in [1.807, 2.05) is 18.2 Å². The maximum atomic E-state index is 12.4. The molecule has 4 atom stereocenters. The monoisotopic (exact) mass is 404 g/mol. The van der Waals surface area contributed by atoms with E-state index in [1.165, 1.54) is 0 Å². The molecule has 0 saturated heterocycles. The Morgan fingerprint density at radius 3 is 2.55 bits per heavy atom. The smallest absolute Gasteiger partial charge is 0.338 e. The van der Waals surface area contributed by atoms with Crippen molar-refractivity contribution in [3.05, 3.63) is 48.0 Å². The van der Waals surface area contributed by atoms with Gasteiger partial charge in [0, 0.05) is 32.0 Å². The fourth-order valence-electron chi connectivity index (χ4n) is 3.86. The van der Waals surface area contributed by atoms with Gasteiger partial charge in [-0.1, -0.05) is 43.2 Å². The van der Waals surface area contributed by atoms with Crippen molar-refractivity contribution < 1.29 is 29.3 Å². The lowest BCUT2D eigenvalue weighted by Gasteiger charge is -2.21. The highest BCUT2D eigenvalue weighted by Gasteiger charge is 2.44. The number of aliphatic hydroxyl groups is 1. The van der Waals surface area contributed by atoms with Crippen molar-refractivity contribution in [1.82, 2.24) is 0 Å². The molecule has 0 unspecified atom stereocenters. The molecule has 0 aromatic heterocycles. The molecule has 1 aromatic rings. The molecule has 0 radical (unpaired) electrons. The zero-order valence-electron chi connectivity index (χ0n) is 17.0. The first-order valence-electron chi connectivity index (χ1n) is 10.3. The number of carbonyl (C=O) groups is 2. The summed E-state index contributed by atoms with van der Waals surface area (Å²) < 4.78 is 10.7. The lowest BCUT2D eigenvalue weighted by molar-refractivity contribution is -0.139. The number of rotatable bonds is 12. The van der Waals surface area contributed by atoms with Gasteiger partial charge < -0.3 is 19.7 Å². The number of benzene rings is 1. The van der Waals surface area contributed by atoms with Gasteiger partial charge in [0.1, 0.15) is 6.10 Å². The molecule has 1 fully saturated rings. The molecule has 0 spiro atoms. The molecular weight excluding hydrogens is 372 g/mol. The van der Waals surface area contributed by atoms with E-state index in [1.54, 1.807) is 31.4 Å². The van der Waals surface area contributed by atoms with Crippen molar-refractivity contribution >= 4 is 11.9 Å². The van der Waals surface area contributed by atoms with E-state index in [0.717, 1.165) is 38.7 Å². The van der Waals surface area contributed by atoms with Gasteiger partial charge in [0.25, 0.3) is 0 Å². The van der Waals surface area contributed by atoms with Crippen LogP contribution in [-0.2, 0) is 14.3 Å². The zero-order valence-corrected chi connectivity index (χ0v) is 17.0. The lowest BCUT2D eigenvalue weighted by atomic mass is 9.90. The van der Waals surface area contributed by atoms with Gasteiger partial charge in [-0.25, -0.2) is 4.79 Å². The minimum atomic E-state index is -0.958. The number of esters is 1. The molecule has 0 heterocycles. The van der Waals surface area contributed by atoms with Crippen LogP contribution in [0.3, 0.4) is 0 Å². The van der Waals surface area contributed by atoms with Gasteiger partial charge in [0.2, 0.25) is 0 Å². The number of carboxylic acid groups (broad SMARTS) is 1. The third kappa shape index (κ3) is 7.63. The number of methoxy groups -OCH3 is 1. The number of aliphatic hydroxyl groups excluding tert-OH is 1.